The molecule has 0 unspecified atom stereocenters. The highest BCUT2D eigenvalue weighted by Crippen LogP contribution is 2.31. The van der Waals surface area contributed by atoms with Crippen LogP contribution in [0.2, 0.25) is 5.02 Å². The highest BCUT2D eigenvalue weighted by Gasteiger charge is 2.15. The van der Waals surface area contributed by atoms with E-state index in [1.54, 1.807) is 6.92 Å². The van der Waals surface area contributed by atoms with Crippen molar-refractivity contribution in [2.24, 2.45) is 0 Å². The molecular formula is C11H12ClNO4. The van der Waals surface area contributed by atoms with Crippen molar-refractivity contribution in [3.8, 4) is 5.75 Å². The Hall–Kier alpha value is -1.75. The second kappa shape index (κ2) is 5.54. The molecule has 1 amide bonds. The lowest BCUT2D eigenvalue weighted by Gasteiger charge is -2.10. The predicted molar refractivity (Wildman–Crippen MR) is 63.9 cm³/mol. The van der Waals surface area contributed by atoms with Crippen molar-refractivity contribution in [3.05, 3.63) is 22.7 Å². The van der Waals surface area contributed by atoms with Gasteiger partial charge in [-0.3, -0.25) is 4.79 Å². The Labute approximate surface area is 103 Å². The van der Waals surface area contributed by atoms with Crippen molar-refractivity contribution in [1.82, 2.24) is 0 Å². The molecule has 0 radical (unpaired) electrons. The first-order valence-corrected chi connectivity index (χ1v) is 5.28. The first-order chi connectivity index (χ1) is 7.99. The maximum Gasteiger partial charge on any atom is 0.339 e. The number of ether oxygens (including phenoxy) is 1. The van der Waals surface area contributed by atoms with Gasteiger partial charge in [-0.1, -0.05) is 18.5 Å². The largest absolute Gasteiger partial charge is 0.496 e. The van der Waals surface area contributed by atoms with E-state index in [9.17, 15) is 9.59 Å². The van der Waals surface area contributed by atoms with Crippen molar-refractivity contribution in [3.63, 3.8) is 0 Å². The highest BCUT2D eigenvalue weighted by atomic mass is 35.5. The van der Waals surface area contributed by atoms with Gasteiger partial charge in [0, 0.05) is 12.5 Å². The molecule has 1 aromatic rings. The number of amides is 1. The van der Waals surface area contributed by atoms with Gasteiger partial charge in [0.15, 0.2) is 0 Å². The second-order valence-corrected chi connectivity index (χ2v) is 3.65. The van der Waals surface area contributed by atoms with Gasteiger partial charge in [-0.2, -0.15) is 0 Å². The molecule has 0 aliphatic carbocycles. The van der Waals surface area contributed by atoms with Crippen molar-refractivity contribution in [2.45, 2.75) is 13.3 Å². The number of carboxylic acid groups (broad SMARTS) is 1. The van der Waals surface area contributed by atoms with Crippen molar-refractivity contribution in [1.29, 1.82) is 0 Å². The number of methoxy groups -OCH3 is 1. The van der Waals surface area contributed by atoms with Gasteiger partial charge in [-0.05, 0) is 6.07 Å². The molecule has 0 aromatic heterocycles. The van der Waals surface area contributed by atoms with Gasteiger partial charge in [-0.15, -0.1) is 0 Å². The SMILES string of the molecule is CCC(=O)Nc1cc(OC)c(C(=O)O)cc1Cl. The topological polar surface area (TPSA) is 75.6 Å². The van der Waals surface area contributed by atoms with E-state index in [2.05, 4.69) is 5.32 Å². The fourth-order valence-electron chi connectivity index (χ4n) is 1.22. The zero-order valence-corrected chi connectivity index (χ0v) is 10.2. The molecule has 92 valence electrons. The number of carbonyl (C=O) groups is 2. The summed E-state index contributed by atoms with van der Waals surface area (Å²) in [6.45, 7) is 1.70. The van der Waals surface area contributed by atoms with Gasteiger partial charge in [-0.25, -0.2) is 4.79 Å². The Morgan fingerprint density at radius 1 is 1.47 bits per heavy atom. The van der Waals surface area contributed by atoms with E-state index >= 15 is 0 Å². The van der Waals surface area contributed by atoms with Gasteiger partial charge in [0.2, 0.25) is 5.91 Å². The van der Waals surface area contributed by atoms with Crippen LogP contribution in [0.5, 0.6) is 5.75 Å². The Balaban J connectivity index is 3.17. The number of halogens is 1. The van der Waals surface area contributed by atoms with Gasteiger partial charge >= 0.3 is 5.97 Å². The summed E-state index contributed by atoms with van der Waals surface area (Å²) in [6.07, 6.45) is 0.305. The highest BCUT2D eigenvalue weighted by molar-refractivity contribution is 6.34. The van der Waals surface area contributed by atoms with E-state index in [0.717, 1.165) is 0 Å². The fraction of sp³-hybridized carbons (Fsp3) is 0.273. The number of carbonyl (C=O) groups excluding carboxylic acids is 1. The van der Waals surface area contributed by atoms with Crippen LogP contribution < -0.4 is 10.1 Å². The molecule has 0 saturated carbocycles. The van der Waals surface area contributed by atoms with Gasteiger partial charge in [0.1, 0.15) is 11.3 Å². The summed E-state index contributed by atoms with van der Waals surface area (Å²) in [5.41, 5.74) is 0.285. The summed E-state index contributed by atoms with van der Waals surface area (Å²) in [7, 11) is 1.35. The molecule has 2 N–H and O–H groups in total. The molecule has 0 bridgehead atoms. The standard InChI is InChI=1S/C11H12ClNO4/c1-3-10(14)13-8-5-9(17-2)6(11(15)16)4-7(8)12/h4-5H,3H2,1-2H3,(H,13,14)(H,15,16). The summed E-state index contributed by atoms with van der Waals surface area (Å²) >= 11 is 5.87. The molecule has 0 aliphatic rings. The lowest BCUT2D eigenvalue weighted by Crippen LogP contribution is -2.11. The zero-order valence-electron chi connectivity index (χ0n) is 9.41. The molecule has 0 spiro atoms. The lowest BCUT2D eigenvalue weighted by atomic mass is 10.1. The van der Waals surface area contributed by atoms with Crippen LogP contribution in [0, 0.1) is 0 Å². The van der Waals surface area contributed by atoms with Crippen LogP contribution in [-0.4, -0.2) is 24.1 Å². The number of nitrogens with one attached hydrogen (secondary N) is 1. The lowest BCUT2D eigenvalue weighted by molar-refractivity contribution is -0.115. The number of benzene rings is 1. The predicted octanol–water partition coefficient (Wildman–Crippen LogP) is 2.40. The molecule has 0 fully saturated rings. The number of carboxylic acids is 1. The number of hydrogen-bond donors (Lipinski definition) is 2. The van der Waals surface area contributed by atoms with E-state index in [4.69, 9.17) is 21.4 Å². The van der Waals surface area contributed by atoms with Gasteiger partial charge in [0.05, 0.1) is 17.8 Å². The Morgan fingerprint density at radius 3 is 2.59 bits per heavy atom. The number of anilines is 1. The minimum absolute atomic E-state index is 0.0491. The Morgan fingerprint density at radius 2 is 2.12 bits per heavy atom. The van der Waals surface area contributed by atoms with Crippen LogP contribution in [0.25, 0.3) is 0 Å². The van der Waals surface area contributed by atoms with Crippen LogP contribution in [0.1, 0.15) is 23.7 Å². The van der Waals surface area contributed by atoms with Gasteiger partial charge in [0.25, 0.3) is 0 Å². The molecular weight excluding hydrogens is 246 g/mol. The molecule has 0 saturated heterocycles. The van der Waals surface area contributed by atoms with Crippen molar-refractivity contribution < 1.29 is 19.4 Å². The quantitative estimate of drug-likeness (QED) is 0.868. The first-order valence-electron chi connectivity index (χ1n) is 4.90. The van der Waals surface area contributed by atoms with E-state index in [-0.39, 0.29) is 22.2 Å². The number of rotatable bonds is 4. The third-order valence-electron chi connectivity index (χ3n) is 2.11. The fourth-order valence-corrected chi connectivity index (χ4v) is 1.43. The molecule has 1 rings (SSSR count). The number of hydrogen-bond acceptors (Lipinski definition) is 3. The van der Waals surface area contributed by atoms with Crippen LogP contribution >= 0.6 is 11.6 Å². The summed E-state index contributed by atoms with van der Waals surface area (Å²) in [4.78, 5) is 22.1. The second-order valence-electron chi connectivity index (χ2n) is 3.24. The molecule has 5 nitrogen and oxygen atoms in total. The third kappa shape index (κ3) is 3.10. The third-order valence-corrected chi connectivity index (χ3v) is 2.43. The van der Waals surface area contributed by atoms with E-state index in [1.807, 2.05) is 0 Å². The molecule has 0 heterocycles. The summed E-state index contributed by atoms with van der Waals surface area (Å²) in [5, 5.41) is 11.6. The van der Waals surface area contributed by atoms with Crippen molar-refractivity contribution in [2.75, 3.05) is 12.4 Å². The van der Waals surface area contributed by atoms with E-state index < -0.39 is 5.97 Å². The van der Waals surface area contributed by atoms with Gasteiger partial charge < -0.3 is 15.2 Å². The minimum Gasteiger partial charge on any atom is -0.496 e. The normalized spacial score (nSPS) is 9.82. The van der Waals surface area contributed by atoms with E-state index in [1.165, 1.54) is 19.2 Å². The molecule has 17 heavy (non-hydrogen) atoms. The Bertz CT molecular complexity index is 459. The molecule has 0 atom stereocenters. The zero-order chi connectivity index (χ0) is 13.0. The van der Waals surface area contributed by atoms with E-state index in [0.29, 0.717) is 12.1 Å². The van der Waals surface area contributed by atoms with Crippen LogP contribution in [-0.2, 0) is 4.79 Å². The first kappa shape index (κ1) is 13.3. The summed E-state index contributed by atoms with van der Waals surface area (Å²) in [6, 6.07) is 2.63. The molecule has 1 aromatic carbocycles. The maximum atomic E-state index is 11.2. The summed E-state index contributed by atoms with van der Waals surface area (Å²) in [5.74, 6) is -1.21. The Kier molecular flexibility index (Phi) is 4.34. The average Bonchev–Trinajstić information content (AvgIpc) is 2.30. The average molecular weight is 258 g/mol. The number of aromatic carboxylic acids is 1. The smallest absolute Gasteiger partial charge is 0.339 e. The van der Waals surface area contributed by atoms with Crippen LogP contribution in [0.15, 0.2) is 12.1 Å². The van der Waals surface area contributed by atoms with Crippen molar-refractivity contribution >= 4 is 29.2 Å². The molecule has 0 aliphatic heterocycles. The molecule has 6 heteroatoms. The maximum absolute atomic E-state index is 11.2. The van der Waals surface area contributed by atoms with Crippen LogP contribution in [0.3, 0.4) is 0 Å². The summed E-state index contributed by atoms with van der Waals surface area (Å²) < 4.78 is 4.93. The van der Waals surface area contributed by atoms with Crippen LogP contribution in [0.4, 0.5) is 5.69 Å². The monoisotopic (exact) mass is 257 g/mol. The minimum atomic E-state index is -1.14.